The molecule has 6 nitrogen and oxygen atoms in total. The monoisotopic (exact) mass is 231 g/mol. The first-order valence-electron chi connectivity index (χ1n) is 5.09. The summed E-state index contributed by atoms with van der Waals surface area (Å²) in [4.78, 5) is 8.64. The van der Waals surface area contributed by atoms with Crippen molar-refractivity contribution in [1.29, 1.82) is 0 Å². The van der Waals surface area contributed by atoms with Crippen molar-refractivity contribution in [3.8, 4) is 5.82 Å². The SMILES string of the molecule is Cc1cnc(C)c(-n2cccc2/C(N)=N/O)n1. The van der Waals surface area contributed by atoms with Gasteiger partial charge >= 0.3 is 0 Å². The van der Waals surface area contributed by atoms with E-state index in [2.05, 4.69) is 15.1 Å². The lowest BCUT2D eigenvalue weighted by atomic mass is 10.3. The summed E-state index contributed by atoms with van der Waals surface area (Å²) in [5, 5.41) is 11.7. The normalized spacial score (nSPS) is 11.8. The maximum absolute atomic E-state index is 8.72. The van der Waals surface area contributed by atoms with Crippen LogP contribution in [0.1, 0.15) is 17.1 Å². The van der Waals surface area contributed by atoms with Crippen molar-refractivity contribution in [3.63, 3.8) is 0 Å². The van der Waals surface area contributed by atoms with Gasteiger partial charge in [-0.2, -0.15) is 0 Å². The van der Waals surface area contributed by atoms with E-state index in [1.807, 2.05) is 13.8 Å². The molecule has 0 unspecified atom stereocenters. The van der Waals surface area contributed by atoms with Crippen LogP contribution in [0.5, 0.6) is 0 Å². The van der Waals surface area contributed by atoms with Crippen molar-refractivity contribution < 1.29 is 5.21 Å². The minimum Gasteiger partial charge on any atom is -0.409 e. The van der Waals surface area contributed by atoms with Crippen LogP contribution in [0.4, 0.5) is 0 Å². The highest BCUT2D eigenvalue weighted by atomic mass is 16.4. The number of oxime groups is 1. The topological polar surface area (TPSA) is 89.3 Å². The molecule has 0 aliphatic heterocycles. The quantitative estimate of drug-likeness (QED) is 0.349. The summed E-state index contributed by atoms with van der Waals surface area (Å²) in [6.45, 7) is 3.72. The molecule has 0 spiro atoms. The summed E-state index contributed by atoms with van der Waals surface area (Å²) < 4.78 is 1.74. The van der Waals surface area contributed by atoms with Crippen LogP contribution in [0.15, 0.2) is 29.7 Å². The van der Waals surface area contributed by atoms with E-state index in [4.69, 9.17) is 10.9 Å². The van der Waals surface area contributed by atoms with Gasteiger partial charge < -0.3 is 10.9 Å². The lowest BCUT2D eigenvalue weighted by molar-refractivity contribution is 0.318. The van der Waals surface area contributed by atoms with Crippen molar-refractivity contribution in [2.45, 2.75) is 13.8 Å². The lowest BCUT2D eigenvalue weighted by Crippen LogP contribution is -2.18. The van der Waals surface area contributed by atoms with Crippen molar-refractivity contribution in [2.75, 3.05) is 0 Å². The summed E-state index contributed by atoms with van der Waals surface area (Å²) in [5.74, 6) is 0.717. The zero-order chi connectivity index (χ0) is 12.4. The molecule has 0 radical (unpaired) electrons. The second-order valence-electron chi connectivity index (χ2n) is 3.67. The molecule has 0 atom stereocenters. The van der Waals surface area contributed by atoms with Gasteiger partial charge in [0, 0.05) is 12.4 Å². The highest BCUT2D eigenvalue weighted by molar-refractivity contribution is 5.96. The lowest BCUT2D eigenvalue weighted by Gasteiger charge is -2.09. The smallest absolute Gasteiger partial charge is 0.187 e. The first kappa shape index (κ1) is 11.1. The molecule has 0 aliphatic carbocycles. The zero-order valence-electron chi connectivity index (χ0n) is 9.62. The van der Waals surface area contributed by atoms with E-state index >= 15 is 0 Å². The van der Waals surface area contributed by atoms with E-state index in [9.17, 15) is 0 Å². The molecule has 2 rings (SSSR count). The number of rotatable bonds is 2. The highest BCUT2D eigenvalue weighted by Gasteiger charge is 2.11. The third-order valence-corrected chi connectivity index (χ3v) is 2.40. The standard InChI is InChI=1S/C11H13N5O/c1-7-6-13-8(2)11(14-7)16-5-3-4-9(16)10(12)15-17/h3-6,17H,1-2H3,(H2,12,15). The fourth-order valence-electron chi connectivity index (χ4n) is 1.58. The third-order valence-electron chi connectivity index (χ3n) is 2.40. The van der Waals surface area contributed by atoms with E-state index in [1.54, 1.807) is 29.1 Å². The summed E-state index contributed by atoms with van der Waals surface area (Å²) in [5.41, 5.74) is 7.76. The first-order chi connectivity index (χ1) is 8.13. The van der Waals surface area contributed by atoms with Gasteiger partial charge in [0.1, 0.15) is 0 Å². The molecule has 0 aliphatic rings. The number of nitrogens with zero attached hydrogens (tertiary/aromatic N) is 4. The van der Waals surface area contributed by atoms with Crippen molar-refractivity contribution >= 4 is 5.84 Å². The van der Waals surface area contributed by atoms with Gasteiger partial charge in [0.2, 0.25) is 0 Å². The number of nitrogens with two attached hydrogens (primary N) is 1. The molecule has 88 valence electrons. The summed E-state index contributed by atoms with van der Waals surface area (Å²) in [7, 11) is 0. The van der Waals surface area contributed by atoms with Gasteiger partial charge in [0.15, 0.2) is 11.7 Å². The van der Waals surface area contributed by atoms with Gasteiger partial charge in [-0.25, -0.2) is 4.98 Å². The third kappa shape index (κ3) is 1.96. The Bertz CT molecular complexity index is 573. The van der Waals surface area contributed by atoms with Crippen molar-refractivity contribution in [1.82, 2.24) is 14.5 Å². The Balaban J connectivity index is 2.61. The van der Waals surface area contributed by atoms with Crippen LogP contribution in [0.25, 0.3) is 5.82 Å². The van der Waals surface area contributed by atoms with Gasteiger partial charge in [-0.1, -0.05) is 5.16 Å². The fraction of sp³-hybridized carbons (Fsp3) is 0.182. The second-order valence-corrected chi connectivity index (χ2v) is 3.67. The molecular formula is C11H13N5O. The van der Waals surface area contributed by atoms with Crippen LogP contribution in [-0.2, 0) is 0 Å². The molecule has 0 saturated heterocycles. The van der Waals surface area contributed by atoms with Gasteiger partial charge in [0.25, 0.3) is 0 Å². The molecule has 17 heavy (non-hydrogen) atoms. The molecule has 0 amide bonds. The molecular weight excluding hydrogens is 218 g/mol. The fourth-order valence-corrected chi connectivity index (χ4v) is 1.58. The van der Waals surface area contributed by atoms with Crippen LogP contribution >= 0.6 is 0 Å². The van der Waals surface area contributed by atoms with Crippen molar-refractivity contribution in [2.24, 2.45) is 10.9 Å². The number of amidine groups is 1. The Labute approximate surface area is 98.4 Å². The van der Waals surface area contributed by atoms with Gasteiger partial charge in [-0.3, -0.25) is 9.55 Å². The Morgan fingerprint density at radius 3 is 2.94 bits per heavy atom. The van der Waals surface area contributed by atoms with E-state index in [1.165, 1.54) is 0 Å². The predicted octanol–water partition coefficient (Wildman–Crippen LogP) is 0.979. The predicted molar refractivity (Wildman–Crippen MR) is 63.3 cm³/mol. The average molecular weight is 231 g/mol. The van der Waals surface area contributed by atoms with Crippen LogP contribution in [0, 0.1) is 13.8 Å². The Hall–Kier alpha value is -2.37. The summed E-state index contributed by atoms with van der Waals surface area (Å²) >= 11 is 0. The van der Waals surface area contributed by atoms with Crippen molar-refractivity contribution in [3.05, 3.63) is 41.6 Å². The van der Waals surface area contributed by atoms with Crippen LogP contribution in [0.2, 0.25) is 0 Å². The number of aromatic nitrogens is 3. The molecule has 6 heteroatoms. The maximum Gasteiger partial charge on any atom is 0.187 e. The number of hydrogen-bond donors (Lipinski definition) is 2. The van der Waals surface area contributed by atoms with E-state index < -0.39 is 0 Å². The first-order valence-corrected chi connectivity index (χ1v) is 5.09. The Kier molecular flexibility index (Phi) is 2.78. The Morgan fingerprint density at radius 1 is 1.47 bits per heavy atom. The molecule has 0 bridgehead atoms. The molecule has 0 aromatic carbocycles. The van der Waals surface area contributed by atoms with E-state index in [0.29, 0.717) is 11.5 Å². The largest absolute Gasteiger partial charge is 0.409 e. The van der Waals surface area contributed by atoms with Crippen LogP contribution in [0.3, 0.4) is 0 Å². The van der Waals surface area contributed by atoms with Crippen LogP contribution < -0.4 is 5.73 Å². The van der Waals surface area contributed by atoms with E-state index in [0.717, 1.165) is 11.4 Å². The molecule has 2 aromatic rings. The van der Waals surface area contributed by atoms with Gasteiger partial charge in [-0.05, 0) is 26.0 Å². The Morgan fingerprint density at radius 2 is 2.24 bits per heavy atom. The molecule has 3 N–H and O–H groups in total. The van der Waals surface area contributed by atoms with Gasteiger partial charge in [-0.15, -0.1) is 0 Å². The minimum atomic E-state index is 0.0395. The van der Waals surface area contributed by atoms with Crippen LogP contribution in [-0.4, -0.2) is 25.6 Å². The molecule has 2 heterocycles. The molecule has 0 saturated carbocycles. The summed E-state index contributed by atoms with van der Waals surface area (Å²) in [6, 6.07) is 3.55. The summed E-state index contributed by atoms with van der Waals surface area (Å²) in [6.07, 6.45) is 3.50. The molecule has 0 fully saturated rings. The zero-order valence-corrected chi connectivity index (χ0v) is 9.62. The molecule has 2 aromatic heterocycles. The van der Waals surface area contributed by atoms with E-state index in [-0.39, 0.29) is 5.84 Å². The average Bonchev–Trinajstić information content (AvgIpc) is 2.80. The number of hydrogen-bond acceptors (Lipinski definition) is 4. The van der Waals surface area contributed by atoms with Gasteiger partial charge in [0.05, 0.1) is 17.1 Å². The maximum atomic E-state index is 8.72. The highest BCUT2D eigenvalue weighted by Crippen LogP contribution is 2.13. The second kappa shape index (κ2) is 4.25. The number of aryl methyl sites for hydroxylation is 2. The minimum absolute atomic E-state index is 0.0395.